The molecule has 5 nitrogen and oxygen atoms in total. The summed E-state index contributed by atoms with van der Waals surface area (Å²) in [5, 5.41) is 2.78. The number of rotatable bonds is 3. The van der Waals surface area contributed by atoms with Crippen LogP contribution in [0.3, 0.4) is 0 Å². The van der Waals surface area contributed by atoms with Gasteiger partial charge in [0.2, 0.25) is 5.95 Å². The number of aromatic nitrogens is 2. The number of anilines is 3. The summed E-state index contributed by atoms with van der Waals surface area (Å²) in [6, 6.07) is 6.01. The van der Waals surface area contributed by atoms with Gasteiger partial charge in [-0.05, 0) is 34.1 Å². The number of nitrogens with two attached hydrogens (primary N) is 1. The molecule has 2 aromatic rings. The smallest absolute Gasteiger partial charge is 0.339 e. The van der Waals surface area contributed by atoms with E-state index in [1.807, 2.05) is 5.43 Å². The van der Waals surface area contributed by atoms with Crippen LogP contribution < -0.4 is 16.6 Å². The number of benzene rings is 1. The normalized spacial score (nSPS) is 11.3. The maximum Gasteiger partial charge on any atom is 0.433 e. The van der Waals surface area contributed by atoms with E-state index in [-0.39, 0.29) is 11.8 Å². The molecule has 0 saturated carbocycles. The highest BCUT2D eigenvalue weighted by atomic mass is 79.9. The highest BCUT2D eigenvalue weighted by molar-refractivity contribution is 9.11. The van der Waals surface area contributed by atoms with E-state index in [1.54, 1.807) is 18.2 Å². The Kier molecular flexibility index (Phi) is 4.69. The predicted octanol–water partition coefficient (Wildman–Crippen LogP) is 4.05. The number of hydrazine groups is 1. The SMILES string of the molecule is NNc1nc(Nc2cc(Br)ccc2Br)cc(C(F)(F)F)n1. The lowest BCUT2D eigenvalue weighted by molar-refractivity contribution is -0.141. The molecule has 1 heterocycles. The van der Waals surface area contributed by atoms with Crippen molar-refractivity contribution in [3.05, 3.63) is 38.9 Å². The van der Waals surface area contributed by atoms with Gasteiger partial charge in [-0.1, -0.05) is 15.9 Å². The van der Waals surface area contributed by atoms with Crippen molar-refractivity contribution in [2.75, 3.05) is 10.7 Å². The second kappa shape index (κ2) is 6.16. The van der Waals surface area contributed by atoms with E-state index in [0.29, 0.717) is 10.2 Å². The highest BCUT2D eigenvalue weighted by Crippen LogP contribution is 2.32. The van der Waals surface area contributed by atoms with E-state index in [9.17, 15) is 13.2 Å². The Hall–Kier alpha value is -1.39. The van der Waals surface area contributed by atoms with Crippen molar-refractivity contribution in [3.63, 3.8) is 0 Å². The molecule has 1 aromatic carbocycles. The molecule has 0 aliphatic heterocycles. The number of hydrogen-bond acceptors (Lipinski definition) is 5. The van der Waals surface area contributed by atoms with Gasteiger partial charge in [-0.15, -0.1) is 0 Å². The lowest BCUT2D eigenvalue weighted by Gasteiger charge is -2.12. The molecule has 1 aromatic heterocycles. The van der Waals surface area contributed by atoms with Crippen LogP contribution in [0.5, 0.6) is 0 Å². The predicted molar refractivity (Wildman–Crippen MR) is 80.0 cm³/mol. The average Bonchev–Trinajstić information content (AvgIpc) is 2.41. The summed E-state index contributed by atoms with van der Waals surface area (Å²) in [6.07, 6.45) is -4.60. The molecule has 0 aliphatic rings. The number of nitrogen functional groups attached to an aromatic ring is 1. The molecule has 0 amide bonds. The first kappa shape index (κ1) is 16.0. The lowest BCUT2D eigenvalue weighted by atomic mass is 10.3. The minimum atomic E-state index is -4.60. The molecule has 0 fully saturated rings. The summed E-state index contributed by atoms with van der Waals surface area (Å²) >= 11 is 6.57. The lowest BCUT2D eigenvalue weighted by Crippen LogP contribution is -2.16. The van der Waals surface area contributed by atoms with Crippen molar-refractivity contribution in [1.29, 1.82) is 0 Å². The molecular weight excluding hydrogens is 419 g/mol. The standard InChI is InChI=1S/C11H8Br2F3N5/c12-5-1-2-6(13)7(3-5)18-9-4-8(11(14,15)16)19-10(20-9)21-17/h1-4H,17H2,(H2,18,19,20,21). The summed E-state index contributed by atoms with van der Waals surface area (Å²) < 4.78 is 39.7. The first-order valence-corrected chi connectivity index (χ1v) is 7.03. The minimum absolute atomic E-state index is 0.0379. The van der Waals surface area contributed by atoms with Crippen molar-refractivity contribution in [1.82, 2.24) is 9.97 Å². The van der Waals surface area contributed by atoms with Crippen molar-refractivity contribution in [3.8, 4) is 0 Å². The average molecular weight is 427 g/mol. The zero-order chi connectivity index (χ0) is 15.6. The van der Waals surface area contributed by atoms with Crippen molar-refractivity contribution in [2.45, 2.75) is 6.18 Å². The van der Waals surface area contributed by atoms with Crippen LogP contribution in [0.4, 0.5) is 30.6 Å². The molecule has 0 aliphatic carbocycles. The fourth-order valence-electron chi connectivity index (χ4n) is 1.45. The Balaban J connectivity index is 2.42. The summed E-state index contributed by atoms with van der Waals surface area (Å²) in [5.74, 6) is 4.72. The third-order valence-electron chi connectivity index (χ3n) is 2.34. The van der Waals surface area contributed by atoms with Gasteiger partial charge >= 0.3 is 6.18 Å². The molecule has 0 spiro atoms. The molecule has 0 saturated heterocycles. The molecule has 0 unspecified atom stereocenters. The zero-order valence-electron chi connectivity index (χ0n) is 10.2. The largest absolute Gasteiger partial charge is 0.433 e. The molecule has 0 bridgehead atoms. The van der Waals surface area contributed by atoms with E-state index in [0.717, 1.165) is 10.5 Å². The van der Waals surface area contributed by atoms with Gasteiger partial charge in [0, 0.05) is 15.0 Å². The van der Waals surface area contributed by atoms with Crippen molar-refractivity contribution >= 4 is 49.3 Å². The fraction of sp³-hybridized carbons (Fsp3) is 0.0909. The minimum Gasteiger partial charge on any atom is -0.339 e. The Labute approximate surface area is 134 Å². The second-order valence-electron chi connectivity index (χ2n) is 3.85. The van der Waals surface area contributed by atoms with Crippen LogP contribution in [-0.4, -0.2) is 9.97 Å². The van der Waals surface area contributed by atoms with Gasteiger partial charge in [0.25, 0.3) is 0 Å². The van der Waals surface area contributed by atoms with Crippen LogP contribution in [0.2, 0.25) is 0 Å². The van der Waals surface area contributed by atoms with Gasteiger partial charge in [0.1, 0.15) is 5.82 Å². The Bertz CT molecular complexity index is 663. The Morgan fingerprint density at radius 1 is 1.10 bits per heavy atom. The monoisotopic (exact) mass is 425 g/mol. The second-order valence-corrected chi connectivity index (χ2v) is 5.62. The maximum absolute atomic E-state index is 12.8. The molecule has 10 heteroatoms. The molecule has 0 atom stereocenters. The number of alkyl halides is 3. The number of halogens is 5. The molecule has 4 N–H and O–H groups in total. The third-order valence-corrected chi connectivity index (χ3v) is 3.52. The summed E-state index contributed by atoms with van der Waals surface area (Å²) in [6.45, 7) is 0. The summed E-state index contributed by atoms with van der Waals surface area (Å²) in [5.41, 5.74) is 1.45. The van der Waals surface area contributed by atoms with Crippen LogP contribution in [0.25, 0.3) is 0 Å². The van der Waals surface area contributed by atoms with Gasteiger partial charge in [-0.2, -0.15) is 18.2 Å². The van der Waals surface area contributed by atoms with Gasteiger partial charge in [-0.25, -0.2) is 10.8 Å². The molecule has 21 heavy (non-hydrogen) atoms. The number of nitrogens with zero attached hydrogens (tertiary/aromatic N) is 2. The van der Waals surface area contributed by atoms with Gasteiger partial charge in [0.05, 0.1) is 5.69 Å². The molecule has 0 radical (unpaired) electrons. The van der Waals surface area contributed by atoms with Crippen LogP contribution in [-0.2, 0) is 6.18 Å². The van der Waals surface area contributed by atoms with Gasteiger partial charge in [-0.3, -0.25) is 5.43 Å². The van der Waals surface area contributed by atoms with E-state index in [1.165, 1.54) is 0 Å². The summed E-state index contributed by atoms with van der Waals surface area (Å²) in [4.78, 5) is 7.11. The van der Waals surface area contributed by atoms with Crippen molar-refractivity contribution in [2.24, 2.45) is 5.84 Å². The highest BCUT2D eigenvalue weighted by Gasteiger charge is 2.33. The van der Waals surface area contributed by atoms with Crippen LogP contribution in [0, 0.1) is 0 Å². The van der Waals surface area contributed by atoms with Gasteiger partial charge in [0.15, 0.2) is 5.69 Å². The quantitative estimate of drug-likeness (QED) is 0.510. The number of nitrogens with one attached hydrogen (secondary N) is 2. The van der Waals surface area contributed by atoms with Crippen molar-refractivity contribution < 1.29 is 13.2 Å². The third kappa shape index (κ3) is 4.05. The van der Waals surface area contributed by atoms with E-state index < -0.39 is 11.9 Å². The Morgan fingerprint density at radius 3 is 2.43 bits per heavy atom. The first-order valence-electron chi connectivity index (χ1n) is 5.44. The Morgan fingerprint density at radius 2 is 1.81 bits per heavy atom. The first-order chi connectivity index (χ1) is 9.79. The van der Waals surface area contributed by atoms with E-state index in [4.69, 9.17) is 5.84 Å². The van der Waals surface area contributed by atoms with Crippen LogP contribution >= 0.6 is 31.9 Å². The van der Waals surface area contributed by atoms with E-state index >= 15 is 0 Å². The van der Waals surface area contributed by atoms with Gasteiger partial charge < -0.3 is 5.32 Å². The molecule has 2 rings (SSSR count). The topological polar surface area (TPSA) is 75.9 Å². The molecule has 112 valence electrons. The van der Waals surface area contributed by atoms with E-state index in [2.05, 4.69) is 47.1 Å². The molecular formula is C11H8Br2F3N5. The maximum atomic E-state index is 12.8. The van der Waals surface area contributed by atoms with Crippen LogP contribution in [0.15, 0.2) is 33.2 Å². The number of hydrogen-bond donors (Lipinski definition) is 3. The van der Waals surface area contributed by atoms with Crippen LogP contribution in [0.1, 0.15) is 5.69 Å². The zero-order valence-corrected chi connectivity index (χ0v) is 13.3. The fourth-order valence-corrected chi connectivity index (χ4v) is 2.16. The summed E-state index contributed by atoms with van der Waals surface area (Å²) in [7, 11) is 0.